The first kappa shape index (κ1) is 28.3. The Hall–Kier alpha value is -4.24. The molecule has 1 aromatic heterocycles. The van der Waals surface area contributed by atoms with E-state index in [0.29, 0.717) is 38.7 Å². The molecule has 2 N–H and O–H groups in total. The minimum atomic E-state index is -0.436. The van der Waals surface area contributed by atoms with Gasteiger partial charge in [0.05, 0.1) is 39.1 Å². The molecule has 8 heteroatoms. The lowest BCUT2D eigenvalue weighted by Crippen LogP contribution is -2.31. The van der Waals surface area contributed by atoms with E-state index in [1.807, 2.05) is 72.8 Å². The van der Waals surface area contributed by atoms with Crippen molar-refractivity contribution in [3.63, 3.8) is 0 Å². The summed E-state index contributed by atoms with van der Waals surface area (Å²) in [5.74, 6) is 0.347. The highest BCUT2D eigenvalue weighted by Gasteiger charge is 2.28. The number of anilines is 1. The summed E-state index contributed by atoms with van der Waals surface area (Å²) in [4.78, 5) is 26.6. The number of hydrogen-bond donors (Lipinski definition) is 2. The van der Waals surface area contributed by atoms with Crippen molar-refractivity contribution in [2.45, 2.75) is 18.9 Å². The molecule has 0 bridgehead atoms. The summed E-state index contributed by atoms with van der Waals surface area (Å²) in [5.41, 5.74) is 4.63. The standard InChI is InChI=1S/C33H34N2O6/c36-18-19-39-20-21-40-22-23-41-31-10-4-8-27-28(31)15-16-30(27)35-17-5-9-29(33(35)38)32(37)34-26-13-11-25(12-14-26)24-6-2-1-3-7-24/h1-14,17,30,36H,15-16,18-23H2,(H,34,37). The number of benzene rings is 3. The third-order valence-corrected chi connectivity index (χ3v) is 7.09. The maximum atomic E-state index is 13.5. The number of rotatable bonds is 13. The van der Waals surface area contributed by atoms with Gasteiger partial charge in [-0.05, 0) is 65.4 Å². The number of carbonyl (C=O) groups excluding carboxylic acids is 1. The van der Waals surface area contributed by atoms with Crippen molar-refractivity contribution < 1.29 is 24.1 Å². The molecule has 212 valence electrons. The van der Waals surface area contributed by atoms with Gasteiger partial charge in [-0.25, -0.2) is 0 Å². The molecule has 5 rings (SSSR count). The van der Waals surface area contributed by atoms with E-state index in [9.17, 15) is 9.59 Å². The summed E-state index contributed by atoms with van der Waals surface area (Å²) in [6.45, 7) is 1.97. The summed E-state index contributed by atoms with van der Waals surface area (Å²) in [7, 11) is 0. The highest BCUT2D eigenvalue weighted by Crippen LogP contribution is 2.38. The molecule has 8 nitrogen and oxygen atoms in total. The van der Waals surface area contributed by atoms with Gasteiger partial charge in [0.15, 0.2) is 0 Å². The van der Waals surface area contributed by atoms with Gasteiger partial charge in [-0.1, -0.05) is 54.6 Å². The van der Waals surface area contributed by atoms with E-state index in [-0.39, 0.29) is 23.8 Å². The molecule has 1 unspecified atom stereocenters. The van der Waals surface area contributed by atoms with E-state index >= 15 is 0 Å². The predicted molar refractivity (Wildman–Crippen MR) is 158 cm³/mol. The van der Waals surface area contributed by atoms with Crippen LogP contribution in [-0.2, 0) is 15.9 Å². The molecule has 0 spiro atoms. The van der Waals surface area contributed by atoms with Crippen LogP contribution in [0.3, 0.4) is 0 Å². The van der Waals surface area contributed by atoms with Crippen LogP contribution in [0.5, 0.6) is 5.75 Å². The molecule has 1 amide bonds. The van der Waals surface area contributed by atoms with Crippen molar-refractivity contribution >= 4 is 11.6 Å². The highest BCUT2D eigenvalue weighted by molar-refractivity contribution is 6.04. The van der Waals surface area contributed by atoms with E-state index in [1.165, 1.54) is 0 Å². The van der Waals surface area contributed by atoms with E-state index in [0.717, 1.165) is 40.8 Å². The average molecular weight is 555 g/mol. The maximum absolute atomic E-state index is 13.5. The maximum Gasteiger partial charge on any atom is 0.263 e. The number of hydrogen-bond acceptors (Lipinski definition) is 6. The fourth-order valence-corrected chi connectivity index (χ4v) is 5.12. The number of aliphatic hydroxyl groups is 1. The number of aromatic nitrogens is 1. The number of amides is 1. The molecule has 41 heavy (non-hydrogen) atoms. The van der Waals surface area contributed by atoms with Crippen molar-refractivity contribution in [2.24, 2.45) is 0 Å². The van der Waals surface area contributed by atoms with Gasteiger partial charge in [0.25, 0.3) is 11.5 Å². The van der Waals surface area contributed by atoms with Gasteiger partial charge in [-0.15, -0.1) is 0 Å². The van der Waals surface area contributed by atoms with Crippen molar-refractivity contribution in [3.05, 3.63) is 118 Å². The van der Waals surface area contributed by atoms with Crippen LogP contribution in [0.25, 0.3) is 11.1 Å². The minimum Gasteiger partial charge on any atom is -0.491 e. The van der Waals surface area contributed by atoms with Crippen LogP contribution in [0, 0.1) is 0 Å². The van der Waals surface area contributed by atoms with Crippen LogP contribution in [0.15, 0.2) is 95.9 Å². The zero-order valence-electron chi connectivity index (χ0n) is 22.8. The second-order valence-corrected chi connectivity index (χ2v) is 9.71. The molecule has 0 fully saturated rings. The number of pyridine rings is 1. The fraction of sp³-hybridized carbons (Fsp3) is 0.273. The third-order valence-electron chi connectivity index (χ3n) is 7.09. The van der Waals surface area contributed by atoms with Crippen molar-refractivity contribution in [3.8, 4) is 16.9 Å². The monoisotopic (exact) mass is 554 g/mol. The Bertz CT molecular complexity index is 1500. The van der Waals surface area contributed by atoms with Crippen LogP contribution in [0.1, 0.15) is 33.9 Å². The van der Waals surface area contributed by atoms with Crippen LogP contribution in [-0.4, -0.2) is 55.2 Å². The van der Waals surface area contributed by atoms with E-state index in [2.05, 4.69) is 5.32 Å². The smallest absolute Gasteiger partial charge is 0.263 e. The molecule has 0 saturated heterocycles. The summed E-state index contributed by atoms with van der Waals surface area (Å²) in [6, 6.07) is 26.6. The Morgan fingerprint density at radius 3 is 2.34 bits per heavy atom. The van der Waals surface area contributed by atoms with Crippen LogP contribution >= 0.6 is 0 Å². The summed E-state index contributed by atoms with van der Waals surface area (Å²) in [6.07, 6.45) is 3.25. The van der Waals surface area contributed by atoms with Crippen molar-refractivity contribution in [2.75, 3.05) is 45.0 Å². The first-order chi connectivity index (χ1) is 20.2. The molecule has 0 aliphatic heterocycles. The number of nitrogens with zero attached hydrogens (tertiary/aromatic N) is 1. The van der Waals surface area contributed by atoms with Gasteiger partial charge < -0.3 is 29.2 Å². The predicted octanol–water partition coefficient (Wildman–Crippen LogP) is 4.71. The SMILES string of the molecule is O=C(Nc1ccc(-c2ccccc2)cc1)c1cccn(C2CCc3c(OCCOCCOCCO)cccc32)c1=O. The number of aliphatic hydroxyl groups excluding tert-OH is 1. The van der Waals surface area contributed by atoms with Gasteiger partial charge in [-0.3, -0.25) is 9.59 Å². The van der Waals surface area contributed by atoms with E-state index in [4.69, 9.17) is 19.3 Å². The molecule has 1 aliphatic carbocycles. The quantitative estimate of drug-likeness (QED) is 0.232. The molecule has 3 aromatic carbocycles. The third kappa shape index (κ3) is 6.92. The van der Waals surface area contributed by atoms with E-state index < -0.39 is 5.91 Å². The Balaban J connectivity index is 1.23. The lowest BCUT2D eigenvalue weighted by molar-refractivity contribution is 0.0246. The number of fused-ring (bicyclic) bond motifs is 1. The normalized spacial score (nSPS) is 14.0. The summed E-state index contributed by atoms with van der Waals surface area (Å²) < 4.78 is 18.3. The van der Waals surface area contributed by atoms with Gasteiger partial charge in [-0.2, -0.15) is 0 Å². The van der Waals surface area contributed by atoms with Crippen molar-refractivity contribution in [1.29, 1.82) is 0 Å². The van der Waals surface area contributed by atoms with Gasteiger partial charge in [0.2, 0.25) is 0 Å². The zero-order valence-corrected chi connectivity index (χ0v) is 22.8. The number of ether oxygens (including phenoxy) is 3. The first-order valence-electron chi connectivity index (χ1n) is 13.8. The summed E-state index contributed by atoms with van der Waals surface area (Å²) in [5, 5.41) is 11.6. The number of nitrogens with one attached hydrogen (secondary N) is 1. The summed E-state index contributed by atoms with van der Waals surface area (Å²) >= 11 is 0. The molecule has 1 aliphatic rings. The zero-order chi connectivity index (χ0) is 28.4. The molecule has 1 atom stereocenters. The second kappa shape index (κ2) is 13.9. The minimum absolute atomic E-state index is 0.00318. The Morgan fingerprint density at radius 1 is 0.829 bits per heavy atom. The van der Waals surface area contributed by atoms with E-state index in [1.54, 1.807) is 22.9 Å². The van der Waals surface area contributed by atoms with Gasteiger partial charge in [0.1, 0.15) is 17.9 Å². The van der Waals surface area contributed by atoms with Crippen LogP contribution in [0.4, 0.5) is 5.69 Å². The van der Waals surface area contributed by atoms with Gasteiger partial charge >= 0.3 is 0 Å². The molecule has 0 radical (unpaired) electrons. The van der Waals surface area contributed by atoms with Crippen LogP contribution in [0.2, 0.25) is 0 Å². The lowest BCUT2D eigenvalue weighted by atomic mass is 10.1. The Morgan fingerprint density at radius 2 is 1.56 bits per heavy atom. The number of carbonyl (C=O) groups is 1. The van der Waals surface area contributed by atoms with Crippen LogP contribution < -0.4 is 15.6 Å². The first-order valence-corrected chi connectivity index (χ1v) is 13.8. The molecular formula is C33H34N2O6. The highest BCUT2D eigenvalue weighted by atomic mass is 16.5. The Kier molecular flexibility index (Phi) is 9.59. The second-order valence-electron chi connectivity index (χ2n) is 9.71. The molecule has 0 saturated carbocycles. The molecule has 1 heterocycles. The molecular weight excluding hydrogens is 520 g/mol. The largest absolute Gasteiger partial charge is 0.491 e. The average Bonchev–Trinajstić information content (AvgIpc) is 3.44. The Labute approximate surface area is 239 Å². The van der Waals surface area contributed by atoms with Crippen molar-refractivity contribution in [1.82, 2.24) is 4.57 Å². The topological polar surface area (TPSA) is 99.0 Å². The molecule has 4 aromatic rings. The fourth-order valence-electron chi connectivity index (χ4n) is 5.12. The van der Waals surface area contributed by atoms with Gasteiger partial charge in [0, 0.05) is 11.9 Å². The lowest BCUT2D eigenvalue weighted by Gasteiger charge is -2.17.